The number of carbonyl (C=O) groups excluding carboxylic acids is 2. The Morgan fingerprint density at radius 3 is 1.17 bits per heavy atom. The molecule has 58 heavy (non-hydrogen) atoms. The number of fused-ring (bicyclic) bond motifs is 2. The van der Waals surface area contributed by atoms with Gasteiger partial charge in [0.15, 0.2) is 0 Å². The molecule has 2 saturated carbocycles. The quantitative estimate of drug-likeness (QED) is 0.179. The lowest BCUT2D eigenvalue weighted by Crippen LogP contribution is -2.40. The lowest BCUT2D eigenvalue weighted by molar-refractivity contribution is 0.0598. The second-order valence-electron chi connectivity index (χ2n) is 16.9. The number of nitrogens with zero attached hydrogens (tertiary/aromatic N) is 2. The molecular formula is C52H62N2O4. The van der Waals surface area contributed by atoms with Gasteiger partial charge >= 0.3 is 0 Å². The molecule has 2 fully saturated rings. The summed E-state index contributed by atoms with van der Waals surface area (Å²) in [5, 5.41) is 0. The molecule has 2 spiro atoms. The smallest absolute Gasteiger partial charge is 0.253 e. The number of ether oxygens (including phenoxy) is 2. The molecule has 0 saturated heterocycles. The summed E-state index contributed by atoms with van der Waals surface area (Å²) in [4.78, 5) is 29.0. The standard InChI is InChI=1S/2C26H31NO2/c2*1-4-27(5-2)25(28)21-12-10-20(11-13-21)23-18-26(16-14-19(3)15-17-26)29-24-9-7-6-8-22(23)24/h2*6-13,18-19H,4-5,14-17H2,1-3H3. The van der Waals surface area contributed by atoms with E-state index in [0.717, 1.165) is 109 Å². The molecule has 2 heterocycles. The highest BCUT2D eigenvalue weighted by atomic mass is 16.5. The van der Waals surface area contributed by atoms with Gasteiger partial charge in [0.05, 0.1) is 0 Å². The predicted octanol–water partition coefficient (Wildman–Crippen LogP) is 11.9. The molecule has 304 valence electrons. The summed E-state index contributed by atoms with van der Waals surface area (Å²) in [5.74, 6) is 3.68. The van der Waals surface area contributed by atoms with E-state index in [4.69, 9.17) is 9.47 Å². The number of carbonyl (C=O) groups is 2. The van der Waals surface area contributed by atoms with Gasteiger partial charge in [0.1, 0.15) is 22.7 Å². The highest BCUT2D eigenvalue weighted by Gasteiger charge is 2.40. The minimum absolute atomic E-state index is 0.0978. The monoisotopic (exact) mass is 778 g/mol. The summed E-state index contributed by atoms with van der Waals surface area (Å²) in [7, 11) is 0. The fraction of sp³-hybridized carbons (Fsp3) is 0.423. The topological polar surface area (TPSA) is 59.1 Å². The first kappa shape index (κ1) is 41.1. The van der Waals surface area contributed by atoms with Crippen molar-refractivity contribution in [3.63, 3.8) is 0 Å². The SMILES string of the molecule is CCN(CC)C(=O)c1ccc(C2=CC3(CCC(C)CC3)Oc3ccccc32)cc1.CCN(CC)C(=O)c1ccc(C2=CC3(CCC(C)CC3)Oc3ccccc32)cc1. The molecule has 2 amide bonds. The summed E-state index contributed by atoms with van der Waals surface area (Å²) in [6.45, 7) is 15.7. The van der Waals surface area contributed by atoms with Crippen LogP contribution in [0.5, 0.6) is 11.5 Å². The summed E-state index contributed by atoms with van der Waals surface area (Å²) in [6, 6.07) is 32.9. The van der Waals surface area contributed by atoms with Crippen LogP contribution in [0.2, 0.25) is 0 Å². The van der Waals surface area contributed by atoms with Crippen molar-refractivity contribution in [1.29, 1.82) is 0 Å². The maximum atomic E-state index is 12.7. The largest absolute Gasteiger partial charge is 0.483 e. The number of amides is 2. The van der Waals surface area contributed by atoms with E-state index in [2.05, 4.69) is 86.7 Å². The molecule has 0 N–H and O–H groups in total. The molecule has 2 aliphatic carbocycles. The van der Waals surface area contributed by atoms with Crippen LogP contribution in [-0.4, -0.2) is 59.0 Å². The van der Waals surface area contributed by atoms with Crippen molar-refractivity contribution in [2.24, 2.45) is 11.8 Å². The Kier molecular flexibility index (Phi) is 12.6. The fourth-order valence-corrected chi connectivity index (χ4v) is 9.18. The van der Waals surface area contributed by atoms with Crippen molar-refractivity contribution in [2.45, 2.75) is 104 Å². The van der Waals surface area contributed by atoms with E-state index in [1.165, 1.54) is 36.8 Å². The van der Waals surface area contributed by atoms with Crippen LogP contribution in [0.1, 0.15) is 136 Å². The van der Waals surface area contributed by atoms with Gasteiger partial charge in [-0.3, -0.25) is 9.59 Å². The molecule has 4 aromatic carbocycles. The van der Waals surface area contributed by atoms with Crippen molar-refractivity contribution in [3.8, 4) is 11.5 Å². The van der Waals surface area contributed by atoms with Gasteiger partial charge < -0.3 is 19.3 Å². The zero-order valence-electron chi connectivity index (χ0n) is 35.6. The van der Waals surface area contributed by atoms with Gasteiger partial charge in [-0.25, -0.2) is 0 Å². The minimum Gasteiger partial charge on any atom is -0.483 e. The van der Waals surface area contributed by atoms with Crippen LogP contribution < -0.4 is 9.47 Å². The average Bonchev–Trinajstić information content (AvgIpc) is 3.26. The van der Waals surface area contributed by atoms with E-state index in [1.807, 2.05) is 73.9 Å². The van der Waals surface area contributed by atoms with Crippen molar-refractivity contribution in [1.82, 2.24) is 9.80 Å². The number of para-hydroxylation sites is 2. The minimum atomic E-state index is -0.202. The Morgan fingerprint density at radius 2 is 0.845 bits per heavy atom. The van der Waals surface area contributed by atoms with Gasteiger partial charge in [-0.1, -0.05) is 74.5 Å². The highest BCUT2D eigenvalue weighted by Crippen LogP contribution is 2.47. The van der Waals surface area contributed by atoms with Crippen LogP contribution >= 0.6 is 0 Å². The Labute approximate surface area is 346 Å². The number of hydrogen-bond acceptors (Lipinski definition) is 4. The van der Waals surface area contributed by atoms with E-state index in [9.17, 15) is 9.59 Å². The molecule has 0 unspecified atom stereocenters. The lowest BCUT2D eigenvalue weighted by Gasteiger charge is -2.41. The van der Waals surface area contributed by atoms with Crippen molar-refractivity contribution in [3.05, 3.63) is 143 Å². The summed E-state index contributed by atoms with van der Waals surface area (Å²) < 4.78 is 13.1. The van der Waals surface area contributed by atoms with E-state index in [0.29, 0.717) is 0 Å². The zero-order chi connectivity index (χ0) is 40.9. The van der Waals surface area contributed by atoms with Crippen LogP contribution in [-0.2, 0) is 0 Å². The molecule has 0 aromatic heterocycles. The first-order chi connectivity index (χ1) is 28.1. The summed E-state index contributed by atoms with van der Waals surface area (Å²) >= 11 is 0. The van der Waals surface area contributed by atoms with Crippen LogP contribution in [0.4, 0.5) is 0 Å². The van der Waals surface area contributed by atoms with E-state index in [-0.39, 0.29) is 23.0 Å². The zero-order valence-corrected chi connectivity index (χ0v) is 35.6. The maximum Gasteiger partial charge on any atom is 0.253 e. The van der Waals surface area contributed by atoms with Gasteiger partial charge in [-0.15, -0.1) is 0 Å². The first-order valence-electron chi connectivity index (χ1n) is 21.9. The van der Waals surface area contributed by atoms with Gasteiger partial charge in [0, 0.05) is 48.4 Å². The normalized spacial score (nSPS) is 23.1. The molecular weight excluding hydrogens is 717 g/mol. The molecule has 6 heteroatoms. The fourth-order valence-electron chi connectivity index (χ4n) is 9.18. The van der Waals surface area contributed by atoms with E-state index in [1.54, 1.807) is 0 Å². The lowest BCUT2D eigenvalue weighted by atomic mass is 9.76. The first-order valence-corrected chi connectivity index (χ1v) is 21.9. The van der Waals surface area contributed by atoms with Crippen molar-refractivity contribution < 1.29 is 19.1 Å². The van der Waals surface area contributed by atoms with E-state index < -0.39 is 0 Å². The second kappa shape index (κ2) is 17.8. The average molecular weight is 779 g/mol. The number of rotatable bonds is 8. The molecule has 0 atom stereocenters. The Morgan fingerprint density at radius 1 is 0.517 bits per heavy atom. The van der Waals surface area contributed by atoms with Crippen molar-refractivity contribution >= 4 is 23.0 Å². The molecule has 2 aliphatic heterocycles. The van der Waals surface area contributed by atoms with Gasteiger partial charge in [0.2, 0.25) is 0 Å². The second-order valence-corrected chi connectivity index (χ2v) is 16.9. The van der Waals surface area contributed by atoms with E-state index >= 15 is 0 Å². The molecule has 4 aliphatic rings. The molecule has 4 aromatic rings. The third-order valence-electron chi connectivity index (χ3n) is 13.0. The Hall–Kier alpha value is -5.10. The van der Waals surface area contributed by atoms with Crippen molar-refractivity contribution in [2.75, 3.05) is 26.2 Å². The van der Waals surface area contributed by atoms with Crippen LogP contribution in [0.25, 0.3) is 11.1 Å². The third-order valence-corrected chi connectivity index (χ3v) is 13.0. The Balaban J connectivity index is 0.000000177. The van der Waals surface area contributed by atoms with Gasteiger partial charge in [-0.05, 0) is 162 Å². The van der Waals surface area contributed by atoms with Crippen LogP contribution in [0, 0.1) is 11.8 Å². The van der Waals surface area contributed by atoms with Crippen LogP contribution in [0.3, 0.4) is 0 Å². The molecule has 0 radical (unpaired) electrons. The summed E-state index contributed by atoms with van der Waals surface area (Å²) in [5.41, 5.74) is 8.12. The highest BCUT2D eigenvalue weighted by molar-refractivity contribution is 5.96. The molecule has 8 rings (SSSR count). The third kappa shape index (κ3) is 8.67. The molecule has 0 bridgehead atoms. The number of hydrogen-bond donors (Lipinski definition) is 0. The predicted molar refractivity (Wildman–Crippen MR) is 236 cm³/mol. The van der Waals surface area contributed by atoms with Crippen LogP contribution in [0.15, 0.2) is 109 Å². The molecule has 6 nitrogen and oxygen atoms in total. The maximum absolute atomic E-state index is 12.7. The Bertz CT molecular complexity index is 1950. The van der Waals surface area contributed by atoms with Gasteiger partial charge in [-0.2, -0.15) is 0 Å². The van der Waals surface area contributed by atoms with Gasteiger partial charge in [0.25, 0.3) is 11.8 Å². The summed E-state index contributed by atoms with van der Waals surface area (Å²) in [6.07, 6.45) is 13.7. The number of benzene rings is 4.